The molecule has 37 heavy (non-hydrogen) atoms. The van der Waals surface area contributed by atoms with Crippen LogP contribution in [-0.2, 0) is 19.1 Å². The highest BCUT2D eigenvalue weighted by molar-refractivity contribution is 5.94. The number of hydrogen-bond donors (Lipinski definition) is 0. The van der Waals surface area contributed by atoms with Gasteiger partial charge in [0.2, 0.25) is 5.67 Å². The first kappa shape index (κ1) is 27.6. The summed E-state index contributed by atoms with van der Waals surface area (Å²) in [5, 5.41) is 0. The maximum Gasteiger partial charge on any atom is 0.348 e. The van der Waals surface area contributed by atoms with Gasteiger partial charge in [-0.05, 0) is 88.1 Å². The molecule has 0 aliphatic heterocycles. The third kappa shape index (κ3) is 8.56. The molecule has 0 saturated heterocycles. The maximum absolute atomic E-state index is 13.6. The third-order valence-corrected chi connectivity index (χ3v) is 5.53. The van der Waals surface area contributed by atoms with Crippen molar-refractivity contribution >= 4 is 23.9 Å². The van der Waals surface area contributed by atoms with Crippen molar-refractivity contribution in [3.8, 4) is 17.2 Å². The third-order valence-electron chi connectivity index (χ3n) is 5.53. The van der Waals surface area contributed by atoms with Crippen molar-refractivity contribution in [2.75, 3.05) is 0 Å². The minimum absolute atomic E-state index is 0.0273. The molecule has 0 N–H and O–H groups in total. The number of carbonyl (C=O) groups excluding carboxylic acids is 4. The minimum atomic E-state index is -2.15. The Bertz CT molecular complexity index is 1140. The van der Waals surface area contributed by atoms with Gasteiger partial charge in [-0.2, -0.15) is 0 Å². The van der Waals surface area contributed by atoms with Gasteiger partial charge in [-0.25, -0.2) is 18.8 Å². The summed E-state index contributed by atoms with van der Waals surface area (Å²) in [6.45, 7) is 5.78. The van der Waals surface area contributed by atoms with E-state index in [-0.39, 0.29) is 40.9 Å². The van der Waals surface area contributed by atoms with Crippen molar-refractivity contribution in [2.45, 2.75) is 64.1 Å². The van der Waals surface area contributed by atoms with E-state index in [0.717, 1.165) is 46.0 Å². The monoisotopic (exact) mass is 512 g/mol. The van der Waals surface area contributed by atoms with E-state index in [4.69, 9.17) is 18.9 Å². The van der Waals surface area contributed by atoms with Crippen molar-refractivity contribution < 1.29 is 42.5 Å². The zero-order chi connectivity index (χ0) is 27.0. The molecular formula is C28H29FO8. The number of ether oxygens (including phenoxy) is 4. The Morgan fingerprint density at radius 3 is 1.92 bits per heavy atom. The number of rotatable bonds is 9. The Balaban J connectivity index is 1.47. The number of benzene rings is 2. The highest BCUT2D eigenvalue weighted by Gasteiger charge is 2.29. The van der Waals surface area contributed by atoms with E-state index in [1.54, 1.807) is 0 Å². The van der Waals surface area contributed by atoms with Crippen molar-refractivity contribution in [1.82, 2.24) is 0 Å². The Kier molecular flexibility index (Phi) is 9.16. The molecule has 0 aromatic heterocycles. The van der Waals surface area contributed by atoms with Gasteiger partial charge in [0.1, 0.15) is 23.4 Å². The van der Waals surface area contributed by atoms with Gasteiger partial charge < -0.3 is 18.9 Å². The van der Waals surface area contributed by atoms with Gasteiger partial charge in [0.25, 0.3) is 0 Å². The molecule has 0 heterocycles. The van der Waals surface area contributed by atoms with Gasteiger partial charge in [-0.3, -0.25) is 4.79 Å². The molecule has 1 aliphatic carbocycles. The fourth-order valence-corrected chi connectivity index (χ4v) is 3.47. The molecule has 1 saturated carbocycles. The Morgan fingerprint density at radius 2 is 1.35 bits per heavy atom. The van der Waals surface area contributed by atoms with E-state index >= 15 is 0 Å². The number of esters is 4. The second kappa shape index (κ2) is 12.3. The number of carbonyl (C=O) groups is 4. The van der Waals surface area contributed by atoms with Gasteiger partial charge >= 0.3 is 23.9 Å². The molecule has 0 amide bonds. The van der Waals surface area contributed by atoms with E-state index in [9.17, 15) is 23.6 Å². The molecule has 196 valence electrons. The number of hydrogen-bond acceptors (Lipinski definition) is 8. The van der Waals surface area contributed by atoms with Gasteiger partial charge in [-0.15, -0.1) is 0 Å². The highest BCUT2D eigenvalue weighted by atomic mass is 19.1. The van der Waals surface area contributed by atoms with Gasteiger partial charge in [0, 0.05) is 5.57 Å². The smallest absolute Gasteiger partial charge is 0.348 e. The van der Waals surface area contributed by atoms with Crippen LogP contribution in [0.15, 0.2) is 60.7 Å². The topological polar surface area (TPSA) is 105 Å². The normalized spacial score (nSPS) is 13.8. The van der Waals surface area contributed by atoms with E-state index in [1.165, 1.54) is 48.5 Å². The molecule has 9 heteroatoms. The molecule has 1 aliphatic rings. The predicted octanol–water partition coefficient (Wildman–Crippen LogP) is 5.29. The van der Waals surface area contributed by atoms with Crippen LogP contribution in [0.25, 0.3) is 0 Å². The summed E-state index contributed by atoms with van der Waals surface area (Å²) in [5.74, 6) is -2.55. The van der Waals surface area contributed by atoms with Crippen LogP contribution < -0.4 is 14.2 Å². The summed E-state index contributed by atoms with van der Waals surface area (Å²) >= 11 is 0. The Hall–Kier alpha value is -4.01. The average molecular weight is 513 g/mol. The standard InChI is InChI=1S/C28H29FO8/c1-18(17-24(30)34-20-7-5-4-6-8-20)25(31)35-21-13-15-22(16-14-21)36-26(32)19-9-11-23(12-10-19)37-27(33)28(2,3)29/h9-16,20H,1,4-8,17H2,2-3H3. The first-order valence-electron chi connectivity index (χ1n) is 11.9. The van der Waals surface area contributed by atoms with Crippen molar-refractivity contribution in [3.05, 3.63) is 66.2 Å². The molecule has 0 spiro atoms. The van der Waals surface area contributed by atoms with Crippen molar-refractivity contribution in [2.24, 2.45) is 0 Å². The molecule has 1 fully saturated rings. The summed E-state index contributed by atoms with van der Waals surface area (Å²) in [7, 11) is 0. The fourth-order valence-electron chi connectivity index (χ4n) is 3.47. The van der Waals surface area contributed by atoms with Crippen LogP contribution >= 0.6 is 0 Å². The van der Waals surface area contributed by atoms with Gasteiger partial charge in [0.15, 0.2) is 0 Å². The minimum Gasteiger partial charge on any atom is -0.462 e. The molecule has 2 aromatic rings. The quantitative estimate of drug-likeness (QED) is 0.254. The Labute approximate surface area is 214 Å². The van der Waals surface area contributed by atoms with E-state index in [0.29, 0.717) is 0 Å². The number of alkyl halides is 1. The maximum atomic E-state index is 13.6. The van der Waals surface area contributed by atoms with Crippen LogP contribution in [0.5, 0.6) is 17.2 Å². The summed E-state index contributed by atoms with van der Waals surface area (Å²) in [5.41, 5.74) is -2.00. The van der Waals surface area contributed by atoms with Crippen LogP contribution in [0.4, 0.5) is 4.39 Å². The lowest BCUT2D eigenvalue weighted by Gasteiger charge is -2.21. The molecule has 0 radical (unpaired) electrons. The van der Waals surface area contributed by atoms with Crippen molar-refractivity contribution in [3.63, 3.8) is 0 Å². The van der Waals surface area contributed by atoms with Crippen LogP contribution in [0, 0.1) is 0 Å². The lowest BCUT2D eigenvalue weighted by Crippen LogP contribution is -2.30. The number of halogens is 1. The van der Waals surface area contributed by atoms with Crippen LogP contribution in [0.1, 0.15) is 62.7 Å². The molecule has 0 unspecified atom stereocenters. The lowest BCUT2D eigenvalue weighted by molar-refractivity contribution is -0.150. The molecule has 3 rings (SSSR count). The van der Waals surface area contributed by atoms with E-state index < -0.39 is 29.5 Å². The molecular weight excluding hydrogens is 483 g/mol. The lowest BCUT2D eigenvalue weighted by atomic mass is 9.98. The first-order valence-corrected chi connectivity index (χ1v) is 11.9. The zero-order valence-electron chi connectivity index (χ0n) is 20.8. The predicted molar refractivity (Wildman–Crippen MR) is 131 cm³/mol. The largest absolute Gasteiger partial charge is 0.462 e. The van der Waals surface area contributed by atoms with Crippen LogP contribution in [-0.4, -0.2) is 35.6 Å². The van der Waals surface area contributed by atoms with Crippen LogP contribution in [0.3, 0.4) is 0 Å². The van der Waals surface area contributed by atoms with E-state index in [2.05, 4.69) is 6.58 Å². The SMILES string of the molecule is C=C(CC(=O)OC1CCCCC1)C(=O)Oc1ccc(OC(=O)c2ccc(OC(=O)C(C)(C)F)cc2)cc1. The fraction of sp³-hybridized carbons (Fsp3) is 0.357. The van der Waals surface area contributed by atoms with Crippen LogP contribution in [0.2, 0.25) is 0 Å². The molecule has 0 atom stereocenters. The summed E-state index contributed by atoms with van der Waals surface area (Å²) < 4.78 is 34.4. The zero-order valence-corrected chi connectivity index (χ0v) is 20.8. The Morgan fingerprint density at radius 1 is 0.838 bits per heavy atom. The van der Waals surface area contributed by atoms with Crippen molar-refractivity contribution in [1.29, 1.82) is 0 Å². The summed E-state index contributed by atoms with van der Waals surface area (Å²) in [6, 6.07) is 11.2. The average Bonchev–Trinajstić information content (AvgIpc) is 2.85. The second-order valence-corrected chi connectivity index (χ2v) is 9.17. The van der Waals surface area contributed by atoms with E-state index in [1.807, 2.05) is 0 Å². The highest BCUT2D eigenvalue weighted by Crippen LogP contribution is 2.23. The second-order valence-electron chi connectivity index (χ2n) is 9.17. The molecule has 0 bridgehead atoms. The first-order chi connectivity index (χ1) is 17.5. The van der Waals surface area contributed by atoms with Gasteiger partial charge in [0.05, 0.1) is 12.0 Å². The molecule has 8 nitrogen and oxygen atoms in total. The van der Waals surface area contributed by atoms with Gasteiger partial charge in [-0.1, -0.05) is 13.0 Å². The molecule has 2 aromatic carbocycles. The summed E-state index contributed by atoms with van der Waals surface area (Å²) in [4.78, 5) is 48.3. The summed E-state index contributed by atoms with van der Waals surface area (Å²) in [6.07, 6.45) is 4.49.